The molecule has 0 aliphatic carbocycles. The van der Waals surface area contributed by atoms with Crippen LogP contribution in [-0.2, 0) is 10.0 Å². The van der Waals surface area contributed by atoms with Crippen LogP contribution in [0.5, 0.6) is 0 Å². The largest absolute Gasteiger partial charge is 0.357 e. The average Bonchev–Trinajstić information content (AvgIpc) is 2.73. The van der Waals surface area contributed by atoms with Crippen LogP contribution in [0.25, 0.3) is 0 Å². The van der Waals surface area contributed by atoms with Crippen molar-refractivity contribution in [2.75, 3.05) is 31.1 Å². The third-order valence-corrected chi connectivity index (χ3v) is 7.18. The van der Waals surface area contributed by atoms with Crippen LogP contribution in [-0.4, -0.2) is 43.8 Å². The van der Waals surface area contributed by atoms with E-state index < -0.39 is 14.9 Å². The van der Waals surface area contributed by atoms with Crippen LogP contribution < -0.4 is 9.88 Å². The first-order valence-electron chi connectivity index (χ1n) is 9.34. The highest BCUT2D eigenvalue weighted by Crippen LogP contribution is 2.26. The van der Waals surface area contributed by atoms with Crippen molar-refractivity contribution in [2.45, 2.75) is 31.1 Å². The van der Waals surface area contributed by atoms with Crippen LogP contribution in [0, 0.1) is 10.1 Å². The smallest absolute Gasteiger partial charge is 0.258 e. The van der Waals surface area contributed by atoms with Crippen molar-refractivity contribution in [1.82, 2.24) is 4.31 Å². The number of rotatable bonds is 6. The van der Waals surface area contributed by atoms with Gasteiger partial charge in [-0.2, -0.15) is 4.31 Å². The van der Waals surface area contributed by atoms with E-state index in [9.17, 15) is 18.5 Å². The highest BCUT2D eigenvalue weighted by atomic mass is 32.2. The number of H-pyrrole nitrogens is 1. The highest BCUT2D eigenvalue weighted by Gasteiger charge is 2.35. The molecule has 1 aromatic heterocycles. The molecule has 0 amide bonds. The molecule has 0 bridgehead atoms. The molecule has 0 unspecified atom stereocenters. The fraction of sp³-hybridized carbons (Fsp3) is 0.421. The summed E-state index contributed by atoms with van der Waals surface area (Å²) < 4.78 is 27.3. The molecular weight excluding hydrogens is 380 g/mol. The minimum Gasteiger partial charge on any atom is -0.258 e. The number of nitrogens with one attached hydrogen (secondary N) is 1. The van der Waals surface area contributed by atoms with Crippen LogP contribution in [0.4, 0.5) is 11.5 Å². The van der Waals surface area contributed by atoms with Gasteiger partial charge >= 0.3 is 11.5 Å². The van der Waals surface area contributed by atoms with E-state index in [2.05, 4.69) is 18.8 Å². The lowest BCUT2D eigenvalue weighted by Gasteiger charge is -2.30. The number of piperazine rings is 1. The number of aromatic amines is 1. The summed E-state index contributed by atoms with van der Waals surface area (Å²) in [7, 11) is -3.58. The summed E-state index contributed by atoms with van der Waals surface area (Å²) in [5.74, 6) is 0.792. The second-order valence-corrected chi connectivity index (χ2v) is 8.87. The van der Waals surface area contributed by atoms with Crippen molar-refractivity contribution in [3.63, 3.8) is 0 Å². The summed E-state index contributed by atoms with van der Waals surface area (Å²) in [6.07, 6.45) is 2.63. The Morgan fingerprint density at radius 1 is 1.14 bits per heavy atom. The van der Waals surface area contributed by atoms with Gasteiger partial charge in [0.1, 0.15) is 0 Å². The summed E-state index contributed by atoms with van der Waals surface area (Å²) in [4.78, 5) is 15.8. The molecule has 1 aromatic carbocycles. The van der Waals surface area contributed by atoms with Crippen molar-refractivity contribution in [3.8, 4) is 0 Å². The first-order valence-corrected chi connectivity index (χ1v) is 10.8. The maximum atomic E-state index is 12.9. The standard InChI is InChI=1S/C19H24N4O4S/c1-3-15(2)16-6-8-17(9-7-16)28(26,27)22-13-11-21(12-14-22)19-18(23(24)25)5-4-10-20-19/h4-10,15H,3,11-14H2,1-2H3/p+1/t15-/m1/s1. The molecule has 28 heavy (non-hydrogen) atoms. The number of hydrogen-bond acceptors (Lipinski definition) is 5. The van der Waals surface area contributed by atoms with Crippen LogP contribution in [0.1, 0.15) is 31.7 Å². The fourth-order valence-electron chi connectivity index (χ4n) is 3.32. The normalized spacial score (nSPS) is 16.7. The second kappa shape index (κ2) is 8.24. The summed E-state index contributed by atoms with van der Waals surface area (Å²) in [6.45, 7) is 5.52. The molecule has 8 nitrogen and oxygen atoms in total. The molecule has 2 aromatic rings. The molecule has 1 aliphatic rings. The van der Waals surface area contributed by atoms with Gasteiger partial charge in [-0.3, -0.25) is 15.0 Å². The SMILES string of the molecule is CC[C@@H](C)c1ccc(S(=O)(=O)N2CCN(c3[nH+]cccc3[N+](=O)[O-])CC2)cc1. The predicted molar refractivity (Wildman–Crippen MR) is 106 cm³/mol. The van der Waals surface area contributed by atoms with Crippen LogP contribution in [0.2, 0.25) is 0 Å². The minimum atomic E-state index is -3.58. The first kappa shape index (κ1) is 20.2. The minimum absolute atomic E-state index is 0.0144. The van der Waals surface area contributed by atoms with E-state index in [4.69, 9.17) is 0 Å². The quantitative estimate of drug-likeness (QED) is 0.543. The molecule has 1 fully saturated rings. The fourth-order valence-corrected chi connectivity index (χ4v) is 4.75. The van der Waals surface area contributed by atoms with Crippen molar-refractivity contribution in [2.24, 2.45) is 0 Å². The molecule has 1 atom stereocenters. The third kappa shape index (κ3) is 4.00. The Bertz CT molecular complexity index is 939. The number of nitro groups is 1. The highest BCUT2D eigenvalue weighted by molar-refractivity contribution is 7.89. The molecule has 3 rings (SSSR count). The lowest BCUT2D eigenvalue weighted by atomic mass is 9.99. The van der Waals surface area contributed by atoms with Crippen molar-refractivity contribution in [1.29, 1.82) is 0 Å². The number of pyridine rings is 1. The van der Waals surface area contributed by atoms with Gasteiger partial charge in [0, 0.05) is 6.07 Å². The Hall–Kier alpha value is -2.52. The molecule has 0 radical (unpaired) electrons. The Labute approximate surface area is 165 Å². The van der Waals surface area contributed by atoms with Crippen LogP contribution >= 0.6 is 0 Å². The molecule has 0 spiro atoms. The average molecular weight is 406 g/mol. The summed E-state index contributed by atoms with van der Waals surface area (Å²) >= 11 is 0. The zero-order valence-electron chi connectivity index (χ0n) is 16.0. The first-order chi connectivity index (χ1) is 13.3. The number of anilines is 1. The Kier molecular flexibility index (Phi) is 5.95. The van der Waals surface area contributed by atoms with Gasteiger partial charge in [0.05, 0.1) is 42.2 Å². The second-order valence-electron chi connectivity index (χ2n) is 6.93. The maximum Gasteiger partial charge on any atom is 0.357 e. The number of aromatic nitrogens is 1. The molecule has 2 heterocycles. The Balaban J connectivity index is 1.73. The number of benzene rings is 1. The maximum absolute atomic E-state index is 12.9. The molecule has 1 aliphatic heterocycles. The molecule has 9 heteroatoms. The van der Waals surface area contributed by atoms with Gasteiger partial charge in [0.15, 0.2) is 0 Å². The molecule has 1 N–H and O–H groups in total. The number of hydrogen-bond donors (Lipinski definition) is 0. The Morgan fingerprint density at radius 3 is 2.36 bits per heavy atom. The van der Waals surface area contributed by atoms with E-state index in [1.54, 1.807) is 24.4 Å². The van der Waals surface area contributed by atoms with Gasteiger partial charge in [-0.05, 0) is 36.1 Å². The number of sulfonamides is 1. The summed E-state index contributed by atoms with van der Waals surface area (Å²) in [6, 6.07) is 10.1. The van der Waals surface area contributed by atoms with Gasteiger partial charge < -0.3 is 0 Å². The van der Waals surface area contributed by atoms with Crippen molar-refractivity contribution in [3.05, 3.63) is 58.3 Å². The van der Waals surface area contributed by atoms with E-state index >= 15 is 0 Å². The predicted octanol–water partition coefficient (Wildman–Crippen LogP) is 2.43. The van der Waals surface area contributed by atoms with Crippen molar-refractivity contribution < 1.29 is 18.3 Å². The van der Waals surface area contributed by atoms with E-state index in [0.29, 0.717) is 24.8 Å². The Morgan fingerprint density at radius 2 is 1.79 bits per heavy atom. The molecule has 0 saturated carbocycles. The van der Waals surface area contributed by atoms with Gasteiger partial charge in [0.2, 0.25) is 10.0 Å². The van der Waals surface area contributed by atoms with E-state index in [-0.39, 0.29) is 23.7 Å². The zero-order chi connectivity index (χ0) is 20.3. The molecule has 150 valence electrons. The van der Waals surface area contributed by atoms with Crippen molar-refractivity contribution >= 4 is 21.5 Å². The lowest BCUT2D eigenvalue weighted by molar-refractivity contribution is -0.411. The van der Waals surface area contributed by atoms with E-state index in [1.807, 2.05) is 17.0 Å². The van der Waals surface area contributed by atoms with Gasteiger partial charge in [-0.1, -0.05) is 26.0 Å². The van der Waals surface area contributed by atoms with Gasteiger partial charge in [0.25, 0.3) is 0 Å². The summed E-state index contributed by atoms with van der Waals surface area (Å²) in [5.41, 5.74) is 1.11. The van der Waals surface area contributed by atoms with Crippen LogP contribution in [0.15, 0.2) is 47.5 Å². The molecular formula is C19H25N4O4S+. The monoisotopic (exact) mass is 405 g/mol. The van der Waals surface area contributed by atoms with E-state index in [0.717, 1.165) is 12.0 Å². The lowest BCUT2D eigenvalue weighted by Crippen LogP contribution is -2.50. The number of nitrogens with zero attached hydrogens (tertiary/aromatic N) is 3. The zero-order valence-corrected chi connectivity index (χ0v) is 16.9. The topological polar surface area (TPSA) is 97.9 Å². The summed E-state index contributed by atoms with van der Waals surface area (Å²) in [5, 5.41) is 11.2. The molecule has 1 saturated heterocycles. The van der Waals surface area contributed by atoms with Gasteiger partial charge in [-0.15, -0.1) is 0 Å². The third-order valence-electron chi connectivity index (χ3n) is 5.26. The van der Waals surface area contributed by atoms with Crippen LogP contribution in [0.3, 0.4) is 0 Å². The van der Waals surface area contributed by atoms with Gasteiger partial charge in [-0.25, -0.2) is 13.4 Å². The van der Waals surface area contributed by atoms with E-state index in [1.165, 1.54) is 10.4 Å².